The van der Waals surface area contributed by atoms with Gasteiger partial charge in [0.05, 0.1) is 5.39 Å². The number of amides is 2. The van der Waals surface area contributed by atoms with Gasteiger partial charge in [-0.1, -0.05) is 6.07 Å². The highest BCUT2D eigenvalue weighted by molar-refractivity contribution is 7.16. The van der Waals surface area contributed by atoms with Crippen LogP contribution < -0.4 is 10.6 Å². The molecule has 1 aliphatic rings. The Hall–Kier alpha value is -2.74. The van der Waals surface area contributed by atoms with Gasteiger partial charge in [0.15, 0.2) is 5.82 Å². The number of fused-ring (bicyclic) bond motifs is 1. The van der Waals surface area contributed by atoms with E-state index in [1.807, 2.05) is 29.6 Å². The number of pyridine rings is 1. The summed E-state index contributed by atoms with van der Waals surface area (Å²) in [6, 6.07) is 7.69. The van der Waals surface area contributed by atoms with Crippen molar-refractivity contribution in [3.05, 3.63) is 35.8 Å². The number of nitrogens with one attached hydrogen (secondary N) is 2. The van der Waals surface area contributed by atoms with Crippen LogP contribution in [0, 0.1) is 0 Å². The quantitative estimate of drug-likeness (QED) is 0.744. The van der Waals surface area contributed by atoms with Crippen LogP contribution >= 0.6 is 11.3 Å². The average molecular weight is 340 g/mol. The molecule has 0 atom stereocenters. The maximum absolute atomic E-state index is 11.6. The van der Waals surface area contributed by atoms with Gasteiger partial charge in [-0.3, -0.25) is 4.98 Å². The third-order valence-corrected chi connectivity index (χ3v) is 4.65. The van der Waals surface area contributed by atoms with E-state index in [0.29, 0.717) is 25.5 Å². The van der Waals surface area contributed by atoms with Crippen LogP contribution in [-0.2, 0) is 0 Å². The van der Waals surface area contributed by atoms with E-state index in [1.54, 1.807) is 22.4 Å². The summed E-state index contributed by atoms with van der Waals surface area (Å²) in [6.45, 7) is 2.74. The minimum atomic E-state index is -0.00524. The Labute approximate surface area is 142 Å². The van der Waals surface area contributed by atoms with E-state index in [0.717, 1.165) is 28.3 Å². The topological polar surface area (TPSA) is 83.0 Å². The average Bonchev–Trinajstić information content (AvgIpc) is 3.24. The molecule has 8 heteroatoms. The second kappa shape index (κ2) is 6.40. The molecule has 7 nitrogen and oxygen atoms in total. The van der Waals surface area contributed by atoms with E-state index in [1.165, 1.54) is 0 Å². The van der Waals surface area contributed by atoms with E-state index in [-0.39, 0.29) is 6.03 Å². The molecule has 1 aliphatic heterocycles. The molecule has 0 aromatic carbocycles. The first kappa shape index (κ1) is 14.8. The number of hydrogen-bond donors (Lipinski definition) is 2. The Bertz CT molecular complexity index is 865. The fourth-order valence-corrected chi connectivity index (χ4v) is 3.40. The van der Waals surface area contributed by atoms with Gasteiger partial charge in [0.1, 0.15) is 16.3 Å². The molecule has 3 aromatic rings. The van der Waals surface area contributed by atoms with Crippen molar-refractivity contribution >= 4 is 33.4 Å². The minimum Gasteiger partial charge on any atom is -0.368 e. The van der Waals surface area contributed by atoms with Crippen molar-refractivity contribution in [2.75, 3.05) is 31.5 Å². The van der Waals surface area contributed by atoms with Crippen molar-refractivity contribution in [1.82, 2.24) is 25.2 Å². The van der Waals surface area contributed by atoms with E-state index in [4.69, 9.17) is 0 Å². The molecule has 1 fully saturated rings. The number of thiophene rings is 1. The summed E-state index contributed by atoms with van der Waals surface area (Å²) in [5.74, 6) is 1.38. The number of urea groups is 1. The molecule has 0 unspecified atom stereocenters. The van der Waals surface area contributed by atoms with Gasteiger partial charge in [0, 0.05) is 32.4 Å². The Morgan fingerprint density at radius 1 is 1.29 bits per heavy atom. The first-order valence-corrected chi connectivity index (χ1v) is 8.62. The zero-order valence-electron chi connectivity index (χ0n) is 12.9. The number of hydrogen-bond acceptors (Lipinski definition) is 6. The molecule has 2 amide bonds. The van der Waals surface area contributed by atoms with Crippen LogP contribution in [-0.4, -0.2) is 52.1 Å². The number of rotatable bonds is 5. The first-order valence-electron chi connectivity index (χ1n) is 7.74. The monoisotopic (exact) mass is 340 g/mol. The van der Waals surface area contributed by atoms with Crippen LogP contribution in [0.15, 0.2) is 35.8 Å². The molecular formula is C16H16N6OS. The number of carbonyl (C=O) groups excluding carboxylic acids is 1. The Morgan fingerprint density at radius 3 is 3.04 bits per heavy atom. The number of carbonyl (C=O) groups is 1. The minimum absolute atomic E-state index is 0.00524. The summed E-state index contributed by atoms with van der Waals surface area (Å²) in [6.07, 6.45) is 1.73. The molecule has 4 rings (SSSR count). The van der Waals surface area contributed by atoms with E-state index < -0.39 is 0 Å². The number of aromatic nitrogens is 3. The number of nitrogens with zero attached hydrogens (tertiary/aromatic N) is 4. The summed E-state index contributed by atoms with van der Waals surface area (Å²) >= 11 is 1.58. The Morgan fingerprint density at radius 2 is 2.25 bits per heavy atom. The highest BCUT2D eigenvalue weighted by Gasteiger charge is 2.18. The lowest BCUT2D eigenvalue weighted by molar-refractivity contribution is 0.219. The smallest absolute Gasteiger partial charge is 0.317 e. The van der Waals surface area contributed by atoms with Crippen molar-refractivity contribution in [2.45, 2.75) is 0 Å². The summed E-state index contributed by atoms with van der Waals surface area (Å²) < 4.78 is 0. The van der Waals surface area contributed by atoms with Gasteiger partial charge in [-0.2, -0.15) is 0 Å². The fourth-order valence-electron chi connectivity index (χ4n) is 2.63. The molecule has 24 heavy (non-hydrogen) atoms. The zero-order chi connectivity index (χ0) is 16.4. The van der Waals surface area contributed by atoms with Crippen LogP contribution in [0.4, 0.5) is 10.6 Å². The molecule has 0 saturated carbocycles. The molecular weight excluding hydrogens is 324 g/mol. The Balaban J connectivity index is 1.57. The Kier molecular flexibility index (Phi) is 3.96. The predicted octanol–water partition coefficient (Wildman–Crippen LogP) is 2.19. The van der Waals surface area contributed by atoms with Gasteiger partial charge in [-0.15, -0.1) is 11.3 Å². The highest BCUT2D eigenvalue weighted by atomic mass is 32.1. The third-order valence-electron chi connectivity index (χ3n) is 3.84. The van der Waals surface area contributed by atoms with E-state index in [9.17, 15) is 4.79 Å². The van der Waals surface area contributed by atoms with Crippen molar-refractivity contribution in [3.63, 3.8) is 0 Å². The van der Waals surface area contributed by atoms with Gasteiger partial charge in [-0.05, 0) is 23.6 Å². The van der Waals surface area contributed by atoms with Crippen LogP contribution in [0.5, 0.6) is 0 Å². The van der Waals surface area contributed by atoms with Crippen molar-refractivity contribution in [2.24, 2.45) is 0 Å². The van der Waals surface area contributed by atoms with E-state index >= 15 is 0 Å². The standard InChI is InChI=1S/C16H16N6OS/c23-16-19-7-9-22(16)8-6-18-13-11-4-10-24-15(11)21-14(20-13)12-3-1-2-5-17-12/h1-5,10H,6-9H2,(H,19,23)(H,18,20,21). The lowest BCUT2D eigenvalue weighted by Crippen LogP contribution is -2.32. The van der Waals surface area contributed by atoms with Gasteiger partial charge in [-0.25, -0.2) is 14.8 Å². The molecule has 4 heterocycles. The molecule has 0 radical (unpaired) electrons. The van der Waals surface area contributed by atoms with E-state index in [2.05, 4.69) is 25.6 Å². The summed E-state index contributed by atoms with van der Waals surface area (Å²) in [5, 5.41) is 9.13. The summed E-state index contributed by atoms with van der Waals surface area (Å²) in [4.78, 5) is 27.8. The van der Waals surface area contributed by atoms with Gasteiger partial charge >= 0.3 is 6.03 Å². The van der Waals surface area contributed by atoms with Gasteiger partial charge in [0.2, 0.25) is 0 Å². The normalized spacial score (nSPS) is 14.2. The summed E-state index contributed by atoms with van der Waals surface area (Å²) in [5.41, 5.74) is 0.745. The lowest BCUT2D eigenvalue weighted by Gasteiger charge is -2.15. The molecule has 0 spiro atoms. The number of anilines is 1. The van der Waals surface area contributed by atoms with Crippen LogP contribution in [0.25, 0.3) is 21.7 Å². The van der Waals surface area contributed by atoms with Crippen molar-refractivity contribution < 1.29 is 4.79 Å². The summed E-state index contributed by atoms with van der Waals surface area (Å²) in [7, 11) is 0. The molecule has 0 bridgehead atoms. The third kappa shape index (κ3) is 2.88. The first-order chi connectivity index (χ1) is 11.8. The molecule has 3 aromatic heterocycles. The van der Waals surface area contributed by atoms with Gasteiger partial charge in [0.25, 0.3) is 0 Å². The zero-order valence-corrected chi connectivity index (χ0v) is 13.7. The SMILES string of the molecule is O=C1NCCN1CCNc1nc(-c2ccccn2)nc2sccc12. The molecule has 122 valence electrons. The van der Waals surface area contributed by atoms with Crippen LogP contribution in [0.3, 0.4) is 0 Å². The molecule has 0 aliphatic carbocycles. The molecule has 1 saturated heterocycles. The van der Waals surface area contributed by atoms with Crippen molar-refractivity contribution in [1.29, 1.82) is 0 Å². The predicted molar refractivity (Wildman–Crippen MR) is 94.1 cm³/mol. The van der Waals surface area contributed by atoms with Crippen LogP contribution in [0.2, 0.25) is 0 Å². The highest BCUT2D eigenvalue weighted by Crippen LogP contribution is 2.27. The van der Waals surface area contributed by atoms with Gasteiger partial charge < -0.3 is 15.5 Å². The maximum atomic E-state index is 11.6. The lowest BCUT2D eigenvalue weighted by atomic mass is 10.3. The fraction of sp³-hybridized carbons (Fsp3) is 0.250. The maximum Gasteiger partial charge on any atom is 0.317 e. The van der Waals surface area contributed by atoms with Crippen molar-refractivity contribution in [3.8, 4) is 11.5 Å². The molecule has 2 N–H and O–H groups in total. The largest absolute Gasteiger partial charge is 0.368 e. The second-order valence-corrected chi connectivity index (χ2v) is 6.29. The van der Waals surface area contributed by atoms with Crippen LogP contribution in [0.1, 0.15) is 0 Å². The second-order valence-electron chi connectivity index (χ2n) is 5.40.